The van der Waals surface area contributed by atoms with Crippen LogP contribution in [0.4, 0.5) is 0 Å². The molecule has 0 radical (unpaired) electrons. The van der Waals surface area contributed by atoms with Gasteiger partial charge in [-0.3, -0.25) is 9.69 Å². The minimum absolute atomic E-state index is 0.0196. The predicted octanol–water partition coefficient (Wildman–Crippen LogP) is 3.46. The van der Waals surface area contributed by atoms with Crippen LogP contribution in [0.1, 0.15) is 17.5 Å². The van der Waals surface area contributed by atoms with Gasteiger partial charge >= 0.3 is 0 Å². The lowest BCUT2D eigenvalue weighted by molar-refractivity contribution is -0.125. The first-order chi connectivity index (χ1) is 14.6. The van der Waals surface area contributed by atoms with Crippen LogP contribution in [-0.2, 0) is 11.3 Å². The van der Waals surface area contributed by atoms with Crippen LogP contribution < -0.4 is 14.2 Å². The molecule has 1 aliphatic heterocycles. The van der Waals surface area contributed by atoms with E-state index in [1.165, 1.54) is 5.56 Å². The van der Waals surface area contributed by atoms with E-state index in [9.17, 15) is 4.79 Å². The molecule has 30 heavy (non-hydrogen) atoms. The molecule has 3 rings (SSSR count). The highest BCUT2D eigenvalue weighted by Gasteiger charge is 2.18. The van der Waals surface area contributed by atoms with E-state index in [0.29, 0.717) is 12.3 Å². The minimum Gasteiger partial charge on any atom is -0.497 e. The maximum atomic E-state index is 12.7. The minimum atomic E-state index is 0.0196. The molecule has 2 aromatic rings. The summed E-state index contributed by atoms with van der Waals surface area (Å²) in [6.45, 7) is 4.19. The van der Waals surface area contributed by atoms with Crippen molar-refractivity contribution >= 4 is 12.0 Å². The molecule has 6 nitrogen and oxygen atoms in total. The van der Waals surface area contributed by atoms with Gasteiger partial charge in [-0.25, -0.2) is 0 Å². The Balaban J connectivity index is 1.58. The summed E-state index contributed by atoms with van der Waals surface area (Å²) in [4.78, 5) is 17.1. The normalized spacial score (nSPS) is 15.1. The van der Waals surface area contributed by atoms with Crippen molar-refractivity contribution in [1.82, 2.24) is 9.80 Å². The zero-order valence-corrected chi connectivity index (χ0v) is 18.0. The highest BCUT2D eigenvalue weighted by Crippen LogP contribution is 2.25. The second kappa shape index (κ2) is 10.7. The molecule has 0 saturated carbocycles. The van der Waals surface area contributed by atoms with E-state index in [2.05, 4.69) is 17.0 Å². The van der Waals surface area contributed by atoms with Crippen LogP contribution in [0.15, 0.2) is 48.5 Å². The molecule has 1 amide bonds. The van der Waals surface area contributed by atoms with E-state index in [0.717, 1.165) is 49.7 Å². The Morgan fingerprint density at radius 1 is 0.900 bits per heavy atom. The number of methoxy groups -OCH3 is 3. The Hall–Kier alpha value is -2.99. The Bertz CT molecular complexity index is 864. The van der Waals surface area contributed by atoms with Gasteiger partial charge in [-0.15, -0.1) is 0 Å². The smallest absolute Gasteiger partial charge is 0.246 e. The van der Waals surface area contributed by atoms with Crippen molar-refractivity contribution < 1.29 is 19.0 Å². The van der Waals surface area contributed by atoms with Crippen LogP contribution in [0.2, 0.25) is 0 Å². The monoisotopic (exact) mass is 410 g/mol. The van der Waals surface area contributed by atoms with Gasteiger partial charge in [-0.1, -0.05) is 12.1 Å². The van der Waals surface area contributed by atoms with Gasteiger partial charge in [0.25, 0.3) is 0 Å². The summed E-state index contributed by atoms with van der Waals surface area (Å²) < 4.78 is 15.9. The summed E-state index contributed by atoms with van der Waals surface area (Å²) in [6, 6.07) is 13.7. The van der Waals surface area contributed by atoms with E-state index in [-0.39, 0.29) is 5.91 Å². The third-order valence-electron chi connectivity index (χ3n) is 5.31. The van der Waals surface area contributed by atoms with Crippen LogP contribution in [-0.4, -0.2) is 63.2 Å². The first kappa shape index (κ1) is 21.7. The second-order valence-electron chi connectivity index (χ2n) is 7.24. The quantitative estimate of drug-likeness (QED) is 0.655. The Kier molecular flexibility index (Phi) is 7.74. The molecule has 2 aromatic carbocycles. The van der Waals surface area contributed by atoms with Crippen molar-refractivity contribution in [2.45, 2.75) is 13.0 Å². The first-order valence-electron chi connectivity index (χ1n) is 10.2. The number of benzene rings is 2. The molecule has 0 spiro atoms. The summed E-state index contributed by atoms with van der Waals surface area (Å²) in [5.74, 6) is 2.32. The van der Waals surface area contributed by atoms with Crippen LogP contribution in [0.3, 0.4) is 0 Å². The van der Waals surface area contributed by atoms with Gasteiger partial charge in [0.05, 0.1) is 21.3 Å². The summed E-state index contributed by atoms with van der Waals surface area (Å²) >= 11 is 0. The molecule has 1 saturated heterocycles. The Morgan fingerprint density at radius 3 is 2.33 bits per heavy atom. The van der Waals surface area contributed by atoms with Gasteiger partial charge in [0.1, 0.15) is 17.2 Å². The SMILES string of the molecule is COc1ccc(CN2CCCN(C(=O)/C=C/c3cc(OC)ccc3OC)CC2)cc1. The zero-order chi connectivity index (χ0) is 21.3. The number of carbonyl (C=O) groups is 1. The second-order valence-corrected chi connectivity index (χ2v) is 7.24. The van der Waals surface area contributed by atoms with E-state index < -0.39 is 0 Å². The number of rotatable bonds is 7. The third kappa shape index (κ3) is 5.76. The predicted molar refractivity (Wildman–Crippen MR) is 118 cm³/mol. The molecular weight excluding hydrogens is 380 g/mol. The number of carbonyl (C=O) groups excluding carboxylic acids is 1. The lowest BCUT2D eigenvalue weighted by Crippen LogP contribution is -2.34. The lowest BCUT2D eigenvalue weighted by Gasteiger charge is -2.21. The van der Waals surface area contributed by atoms with Crippen molar-refractivity contribution in [1.29, 1.82) is 0 Å². The Morgan fingerprint density at radius 2 is 1.63 bits per heavy atom. The largest absolute Gasteiger partial charge is 0.497 e. The summed E-state index contributed by atoms with van der Waals surface area (Å²) in [5, 5.41) is 0. The van der Waals surface area contributed by atoms with Gasteiger partial charge in [0.2, 0.25) is 5.91 Å². The molecular formula is C24H30N2O4. The number of hydrogen-bond acceptors (Lipinski definition) is 5. The molecule has 6 heteroatoms. The molecule has 1 aliphatic rings. The number of hydrogen-bond donors (Lipinski definition) is 0. The van der Waals surface area contributed by atoms with Crippen molar-refractivity contribution in [2.75, 3.05) is 47.5 Å². The molecule has 0 unspecified atom stereocenters. The van der Waals surface area contributed by atoms with Gasteiger partial charge in [-0.2, -0.15) is 0 Å². The van der Waals surface area contributed by atoms with E-state index in [4.69, 9.17) is 14.2 Å². The van der Waals surface area contributed by atoms with E-state index >= 15 is 0 Å². The maximum absolute atomic E-state index is 12.7. The number of amides is 1. The van der Waals surface area contributed by atoms with Crippen LogP contribution in [0, 0.1) is 0 Å². The van der Waals surface area contributed by atoms with Crippen molar-refractivity contribution in [3.05, 3.63) is 59.7 Å². The molecule has 0 bridgehead atoms. The first-order valence-corrected chi connectivity index (χ1v) is 10.2. The van der Waals surface area contributed by atoms with Crippen LogP contribution in [0.5, 0.6) is 17.2 Å². The molecule has 160 valence electrons. The molecule has 0 N–H and O–H groups in total. The van der Waals surface area contributed by atoms with Crippen molar-refractivity contribution in [3.8, 4) is 17.2 Å². The topological polar surface area (TPSA) is 51.2 Å². The molecule has 0 atom stereocenters. The Labute approximate surface area is 178 Å². The molecule has 0 aromatic heterocycles. The maximum Gasteiger partial charge on any atom is 0.246 e. The average molecular weight is 411 g/mol. The van der Waals surface area contributed by atoms with Gasteiger partial charge in [-0.05, 0) is 48.4 Å². The highest BCUT2D eigenvalue weighted by atomic mass is 16.5. The summed E-state index contributed by atoms with van der Waals surface area (Å²) in [7, 11) is 4.91. The number of nitrogens with zero attached hydrogens (tertiary/aromatic N) is 2. The van der Waals surface area contributed by atoms with E-state index in [1.54, 1.807) is 33.5 Å². The molecule has 0 aliphatic carbocycles. The van der Waals surface area contributed by atoms with Gasteiger partial charge < -0.3 is 19.1 Å². The highest BCUT2D eigenvalue weighted by molar-refractivity contribution is 5.92. The zero-order valence-electron chi connectivity index (χ0n) is 18.0. The average Bonchev–Trinajstić information content (AvgIpc) is 3.03. The fourth-order valence-electron chi connectivity index (χ4n) is 3.57. The van der Waals surface area contributed by atoms with Crippen LogP contribution >= 0.6 is 0 Å². The van der Waals surface area contributed by atoms with Crippen LogP contribution in [0.25, 0.3) is 6.08 Å². The number of ether oxygens (including phenoxy) is 3. The van der Waals surface area contributed by atoms with Crippen molar-refractivity contribution in [2.24, 2.45) is 0 Å². The summed E-state index contributed by atoms with van der Waals surface area (Å²) in [6.07, 6.45) is 4.37. The van der Waals surface area contributed by atoms with E-state index in [1.807, 2.05) is 35.2 Å². The van der Waals surface area contributed by atoms with Gasteiger partial charge in [0.15, 0.2) is 0 Å². The fourth-order valence-corrected chi connectivity index (χ4v) is 3.57. The molecule has 1 heterocycles. The standard InChI is InChI=1S/C24H30N2O4/c1-28-21-8-5-19(6-9-21)18-25-13-4-14-26(16-15-25)24(27)12-7-20-17-22(29-2)10-11-23(20)30-3/h5-12,17H,4,13-16,18H2,1-3H3/b12-7+. The molecule has 1 fully saturated rings. The fraction of sp³-hybridized carbons (Fsp3) is 0.375. The summed E-state index contributed by atoms with van der Waals surface area (Å²) in [5.41, 5.74) is 2.07. The van der Waals surface area contributed by atoms with Crippen molar-refractivity contribution in [3.63, 3.8) is 0 Å². The lowest BCUT2D eigenvalue weighted by atomic mass is 10.1. The van der Waals surface area contributed by atoms with Gasteiger partial charge in [0, 0.05) is 44.4 Å². The third-order valence-corrected chi connectivity index (χ3v) is 5.31.